The first-order valence-corrected chi connectivity index (χ1v) is 15.6. The summed E-state index contributed by atoms with van der Waals surface area (Å²) in [4.78, 5) is 45.1. The van der Waals surface area contributed by atoms with Gasteiger partial charge in [-0.2, -0.15) is 13.2 Å². The number of pyridine rings is 1. The van der Waals surface area contributed by atoms with Crippen molar-refractivity contribution in [2.75, 3.05) is 42.7 Å². The van der Waals surface area contributed by atoms with E-state index in [1.165, 1.54) is 25.3 Å². The van der Waals surface area contributed by atoms with Crippen LogP contribution in [0.15, 0.2) is 41.4 Å². The lowest BCUT2D eigenvalue weighted by atomic mass is 9.92. The maximum absolute atomic E-state index is 13.2. The summed E-state index contributed by atoms with van der Waals surface area (Å²) in [6, 6.07) is 5.12. The molecule has 0 radical (unpaired) electrons. The fraction of sp³-hybridized carbons (Fsp3) is 0.500. The predicted octanol–water partition coefficient (Wildman–Crippen LogP) is 3.49. The van der Waals surface area contributed by atoms with Gasteiger partial charge in [0.1, 0.15) is 0 Å². The Hall–Kier alpha value is -3.68. The molecular weight excluding hydrogens is 575 g/mol. The molecule has 42 heavy (non-hydrogen) atoms. The molecular formula is C28H34F3N5O5S. The van der Waals surface area contributed by atoms with Crippen molar-refractivity contribution in [3.63, 3.8) is 0 Å². The van der Waals surface area contributed by atoms with Gasteiger partial charge in [0.2, 0.25) is 11.8 Å². The molecule has 1 aromatic heterocycles. The zero-order valence-electron chi connectivity index (χ0n) is 23.4. The number of likely N-dealkylation sites (tertiary alicyclic amines) is 1. The number of sulfone groups is 1. The first kappa shape index (κ1) is 31.3. The van der Waals surface area contributed by atoms with Crippen molar-refractivity contribution in [2.24, 2.45) is 5.92 Å². The highest BCUT2D eigenvalue weighted by Gasteiger charge is 2.31. The molecule has 4 rings (SSSR count). The van der Waals surface area contributed by atoms with Crippen LogP contribution < -0.4 is 15.5 Å². The van der Waals surface area contributed by atoms with Gasteiger partial charge in [-0.1, -0.05) is 6.07 Å². The molecule has 2 fully saturated rings. The largest absolute Gasteiger partial charge is 0.416 e. The second-order valence-electron chi connectivity index (χ2n) is 10.9. The molecule has 0 bridgehead atoms. The molecule has 2 aromatic rings. The van der Waals surface area contributed by atoms with E-state index in [2.05, 4.69) is 15.6 Å². The quantitative estimate of drug-likeness (QED) is 0.492. The Morgan fingerprint density at radius 3 is 2.43 bits per heavy atom. The van der Waals surface area contributed by atoms with Gasteiger partial charge in [0.05, 0.1) is 16.1 Å². The number of carbonyl (C=O) groups excluding carboxylic acids is 3. The summed E-state index contributed by atoms with van der Waals surface area (Å²) < 4.78 is 63.9. The van der Waals surface area contributed by atoms with Crippen molar-refractivity contribution in [3.05, 3.63) is 47.7 Å². The molecule has 2 aliphatic rings. The molecule has 3 heterocycles. The summed E-state index contributed by atoms with van der Waals surface area (Å²) >= 11 is 0. The van der Waals surface area contributed by atoms with Gasteiger partial charge < -0.3 is 20.4 Å². The number of carbonyl (C=O) groups is 3. The molecule has 10 nitrogen and oxygen atoms in total. The predicted molar refractivity (Wildman–Crippen MR) is 150 cm³/mol. The molecule has 14 heteroatoms. The monoisotopic (exact) mass is 609 g/mol. The number of piperidine rings is 2. The Labute approximate surface area is 242 Å². The van der Waals surface area contributed by atoms with Crippen LogP contribution >= 0.6 is 0 Å². The third kappa shape index (κ3) is 7.99. The number of anilines is 2. The minimum absolute atomic E-state index is 0.00937. The molecule has 228 valence electrons. The number of nitrogens with one attached hydrogen (secondary N) is 2. The third-order valence-electron chi connectivity index (χ3n) is 7.59. The number of benzene rings is 1. The summed E-state index contributed by atoms with van der Waals surface area (Å²) in [7, 11) is -3.69. The smallest absolute Gasteiger partial charge is 0.355 e. The van der Waals surface area contributed by atoms with E-state index in [0.717, 1.165) is 37.3 Å². The number of aromatic nitrogens is 1. The molecule has 2 N–H and O–H groups in total. The first-order valence-electron chi connectivity index (χ1n) is 13.7. The first-order chi connectivity index (χ1) is 19.7. The van der Waals surface area contributed by atoms with E-state index in [0.29, 0.717) is 45.4 Å². The summed E-state index contributed by atoms with van der Waals surface area (Å²) in [6.07, 6.45) is 0.777. The minimum Gasteiger partial charge on any atom is -0.355 e. The van der Waals surface area contributed by atoms with Gasteiger partial charge in [-0.3, -0.25) is 14.4 Å². The molecule has 0 saturated carbocycles. The van der Waals surface area contributed by atoms with Crippen LogP contribution in [0.1, 0.15) is 54.9 Å². The summed E-state index contributed by atoms with van der Waals surface area (Å²) in [5.41, 5.74) is -1.16. The van der Waals surface area contributed by atoms with Gasteiger partial charge in [-0.05, 0) is 55.9 Å². The Morgan fingerprint density at radius 1 is 1.07 bits per heavy atom. The molecule has 1 atom stereocenters. The van der Waals surface area contributed by atoms with Crippen molar-refractivity contribution >= 4 is 39.1 Å². The Balaban J connectivity index is 1.43. The SMILES string of the molecule is CC(=O)N1CCC[C@H](NC(=O)CC2CCN(c3ncc(S(C)(=O)=O)cc3NC(=O)c3cccc(C(F)(F)F)c3)CC2)C1. The number of halogens is 3. The van der Waals surface area contributed by atoms with Crippen LogP contribution in [0, 0.1) is 5.92 Å². The molecule has 2 saturated heterocycles. The van der Waals surface area contributed by atoms with E-state index >= 15 is 0 Å². The van der Waals surface area contributed by atoms with E-state index in [1.54, 1.807) is 4.90 Å². The maximum atomic E-state index is 13.2. The van der Waals surface area contributed by atoms with Crippen LogP contribution in [0.3, 0.4) is 0 Å². The van der Waals surface area contributed by atoms with Gasteiger partial charge >= 0.3 is 6.18 Å². The van der Waals surface area contributed by atoms with Crippen LogP contribution in [-0.4, -0.2) is 74.5 Å². The second kappa shape index (κ2) is 12.7. The number of nitrogens with zero attached hydrogens (tertiary/aromatic N) is 3. The van der Waals surface area contributed by atoms with Gasteiger partial charge in [0, 0.05) is 63.6 Å². The van der Waals surface area contributed by atoms with Crippen molar-refractivity contribution < 1.29 is 36.0 Å². The van der Waals surface area contributed by atoms with Crippen LogP contribution in [0.25, 0.3) is 0 Å². The van der Waals surface area contributed by atoms with Crippen LogP contribution in [0.4, 0.5) is 24.7 Å². The summed E-state index contributed by atoms with van der Waals surface area (Å²) in [5.74, 6) is -0.546. The maximum Gasteiger partial charge on any atom is 0.416 e. The van der Waals surface area contributed by atoms with Gasteiger partial charge in [-0.25, -0.2) is 13.4 Å². The zero-order chi connectivity index (χ0) is 30.7. The Kier molecular flexibility index (Phi) is 9.43. The molecule has 0 unspecified atom stereocenters. The highest BCUT2D eigenvalue weighted by molar-refractivity contribution is 7.90. The number of hydrogen-bond donors (Lipinski definition) is 2. The van der Waals surface area contributed by atoms with Gasteiger partial charge in [0.15, 0.2) is 15.7 Å². The van der Waals surface area contributed by atoms with E-state index in [-0.39, 0.29) is 45.7 Å². The van der Waals surface area contributed by atoms with E-state index in [4.69, 9.17) is 0 Å². The molecule has 1 aromatic carbocycles. The zero-order valence-corrected chi connectivity index (χ0v) is 24.2. The highest BCUT2D eigenvalue weighted by Crippen LogP contribution is 2.32. The van der Waals surface area contributed by atoms with E-state index < -0.39 is 27.5 Å². The standard InChI is InChI=1S/C28H34F3N5O5S/c1-18(37)36-10-4-7-22(17-36)33-25(38)13-19-8-11-35(12-9-19)26-24(15-23(16-32-26)42(2,40)41)34-27(39)20-5-3-6-21(14-20)28(29,30)31/h3,5-6,14-16,19,22H,4,7-13,17H2,1-2H3,(H,33,38)(H,34,39)/t22-/m0/s1. The molecule has 0 aliphatic carbocycles. The Bertz CT molecular complexity index is 1440. The average molecular weight is 610 g/mol. The van der Waals surface area contributed by atoms with E-state index in [1.807, 2.05) is 4.90 Å². The van der Waals surface area contributed by atoms with Crippen molar-refractivity contribution in [1.29, 1.82) is 0 Å². The third-order valence-corrected chi connectivity index (χ3v) is 8.67. The fourth-order valence-corrected chi connectivity index (χ4v) is 5.87. The summed E-state index contributed by atoms with van der Waals surface area (Å²) in [5, 5.41) is 5.59. The molecule has 2 aliphatic heterocycles. The van der Waals surface area contributed by atoms with Gasteiger partial charge in [-0.15, -0.1) is 0 Å². The fourth-order valence-electron chi connectivity index (χ4n) is 5.30. The van der Waals surface area contributed by atoms with E-state index in [9.17, 15) is 36.0 Å². The lowest BCUT2D eigenvalue weighted by Gasteiger charge is -2.35. The van der Waals surface area contributed by atoms with Gasteiger partial charge in [0.25, 0.3) is 5.91 Å². The highest BCUT2D eigenvalue weighted by atomic mass is 32.2. The van der Waals surface area contributed by atoms with Crippen molar-refractivity contribution in [1.82, 2.24) is 15.2 Å². The lowest BCUT2D eigenvalue weighted by molar-refractivity contribution is -0.137. The van der Waals surface area contributed by atoms with Crippen molar-refractivity contribution in [2.45, 2.75) is 56.1 Å². The lowest BCUT2D eigenvalue weighted by Crippen LogP contribution is -2.49. The number of alkyl halides is 3. The summed E-state index contributed by atoms with van der Waals surface area (Å²) in [6.45, 7) is 3.66. The topological polar surface area (TPSA) is 129 Å². The molecule has 3 amide bonds. The molecule has 0 spiro atoms. The average Bonchev–Trinajstić information content (AvgIpc) is 2.92. The van der Waals surface area contributed by atoms with Crippen LogP contribution in [0.5, 0.6) is 0 Å². The van der Waals surface area contributed by atoms with Crippen LogP contribution in [-0.2, 0) is 25.6 Å². The second-order valence-corrected chi connectivity index (χ2v) is 12.9. The van der Waals surface area contributed by atoms with Crippen LogP contribution in [0.2, 0.25) is 0 Å². The number of rotatable bonds is 7. The number of amides is 3. The number of hydrogen-bond acceptors (Lipinski definition) is 7. The minimum atomic E-state index is -4.63. The Morgan fingerprint density at radius 2 is 1.79 bits per heavy atom. The normalized spacial score (nSPS) is 18.5. The van der Waals surface area contributed by atoms with Crippen molar-refractivity contribution in [3.8, 4) is 0 Å².